The highest BCUT2D eigenvalue weighted by Gasteiger charge is 2.19. The van der Waals surface area contributed by atoms with Crippen molar-refractivity contribution in [2.75, 3.05) is 20.3 Å². The van der Waals surface area contributed by atoms with Crippen molar-refractivity contribution in [3.8, 4) is 5.75 Å². The minimum Gasteiger partial charge on any atom is -0.483 e. The summed E-state index contributed by atoms with van der Waals surface area (Å²) in [6, 6.07) is 9.26. The number of aryl methyl sites for hydroxylation is 1. The molecule has 2 heterocycles. The average molecular weight is 387 g/mol. The molecule has 0 saturated heterocycles. The summed E-state index contributed by atoms with van der Waals surface area (Å²) in [6.07, 6.45) is 1.68. The normalized spacial score (nSPS) is 12.3. The number of carbonyl (C=O) groups excluding carboxylic acids is 1. The lowest BCUT2D eigenvalue weighted by atomic mass is 10.1. The third kappa shape index (κ3) is 3.84. The van der Waals surface area contributed by atoms with E-state index in [1.807, 2.05) is 32.0 Å². The second-order valence-corrected chi connectivity index (χ2v) is 7.02. The van der Waals surface area contributed by atoms with Crippen LogP contribution in [-0.2, 0) is 4.74 Å². The van der Waals surface area contributed by atoms with Crippen LogP contribution in [0, 0.1) is 13.8 Å². The van der Waals surface area contributed by atoms with E-state index in [0.717, 1.165) is 16.8 Å². The molecule has 0 N–H and O–H groups in total. The summed E-state index contributed by atoms with van der Waals surface area (Å²) in [5, 5.41) is 1.41. The van der Waals surface area contributed by atoms with Crippen LogP contribution in [0.25, 0.3) is 10.9 Å². The van der Waals surface area contributed by atoms with Gasteiger partial charge in [-0.1, -0.05) is 11.6 Å². The molecule has 6 heteroatoms. The van der Waals surface area contributed by atoms with E-state index in [1.54, 1.807) is 25.4 Å². The molecule has 0 spiro atoms. The van der Waals surface area contributed by atoms with Crippen LogP contribution in [0.2, 0.25) is 5.02 Å². The Bertz CT molecular complexity index is 981. The van der Waals surface area contributed by atoms with Crippen molar-refractivity contribution >= 4 is 28.3 Å². The maximum absolute atomic E-state index is 12.8. The first-order chi connectivity index (χ1) is 12.9. The van der Waals surface area contributed by atoms with Gasteiger partial charge in [0.2, 0.25) is 5.78 Å². The number of pyridine rings is 1. The van der Waals surface area contributed by atoms with E-state index in [9.17, 15) is 4.79 Å². The smallest absolute Gasteiger partial charge is 0.202 e. The van der Waals surface area contributed by atoms with E-state index in [0.29, 0.717) is 28.5 Å². The van der Waals surface area contributed by atoms with Crippen molar-refractivity contribution in [3.05, 3.63) is 58.5 Å². The summed E-state index contributed by atoms with van der Waals surface area (Å²) in [5.41, 5.74) is 3.27. The Labute approximate surface area is 163 Å². The molecule has 0 aliphatic heterocycles. The van der Waals surface area contributed by atoms with Gasteiger partial charge in [0, 0.05) is 35.6 Å². The number of hydrogen-bond acceptors (Lipinski definition) is 4. The first kappa shape index (κ1) is 19.4. The molecule has 142 valence electrons. The number of methoxy groups -OCH3 is 1. The highest BCUT2D eigenvalue weighted by atomic mass is 35.5. The summed E-state index contributed by atoms with van der Waals surface area (Å²) in [4.78, 5) is 17.1. The third-order valence-electron chi connectivity index (χ3n) is 4.67. The van der Waals surface area contributed by atoms with E-state index < -0.39 is 0 Å². The standard InChI is InChI=1S/C21H23ClN2O3/c1-13-10-17(15(3)24(13)14(2)11-26-4)19(25)12-27-20-8-7-18(22)16-6-5-9-23-21(16)20/h5-10,14H,11-12H2,1-4H3/t14-/m1/s1. The van der Waals surface area contributed by atoms with Crippen molar-refractivity contribution in [2.45, 2.75) is 26.8 Å². The highest BCUT2D eigenvalue weighted by molar-refractivity contribution is 6.35. The molecule has 0 radical (unpaired) electrons. The molecular formula is C21H23ClN2O3. The van der Waals surface area contributed by atoms with Crippen LogP contribution in [0.5, 0.6) is 5.75 Å². The zero-order valence-corrected chi connectivity index (χ0v) is 16.7. The first-order valence-corrected chi connectivity index (χ1v) is 9.18. The predicted molar refractivity (Wildman–Crippen MR) is 107 cm³/mol. The molecule has 2 aromatic heterocycles. The molecule has 0 aliphatic carbocycles. The molecule has 0 saturated carbocycles. The summed E-state index contributed by atoms with van der Waals surface area (Å²) in [6.45, 7) is 6.54. The van der Waals surface area contributed by atoms with E-state index in [2.05, 4.69) is 16.5 Å². The van der Waals surface area contributed by atoms with Crippen molar-refractivity contribution in [3.63, 3.8) is 0 Å². The molecular weight excluding hydrogens is 364 g/mol. The number of benzene rings is 1. The number of Topliss-reactive ketones (excluding diaryl/α,β-unsaturated/α-hetero) is 1. The van der Waals surface area contributed by atoms with E-state index in [4.69, 9.17) is 21.1 Å². The lowest BCUT2D eigenvalue weighted by molar-refractivity contribution is 0.0921. The number of ether oxygens (including phenoxy) is 2. The Morgan fingerprint density at radius 2 is 2.07 bits per heavy atom. The Hall–Kier alpha value is -2.37. The van der Waals surface area contributed by atoms with Gasteiger partial charge in [0.1, 0.15) is 11.3 Å². The van der Waals surface area contributed by atoms with Gasteiger partial charge < -0.3 is 14.0 Å². The van der Waals surface area contributed by atoms with Crippen molar-refractivity contribution in [1.29, 1.82) is 0 Å². The molecule has 3 rings (SSSR count). The van der Waals surface area contributed by atoms with Gasteiger partial charge >= 0.3 is 0 Å². The van der Waals surface area contributed by atoms with Crippen LogP contribution >= 0.6 is 11.6 Å². The molecule has 0 fully saturated rings. The molecule has 3 aromatic rings. The van der Waals surface area contributed by atoms with Crippen molar-refractivity contribution in [2.24, 2.45) is 0 Å². The zero-order valence-electron chi connectivity index (χ0n) is 16.0. The number of nitrogens with zero attached hydrogens (tertiary/aromatic N) is 2. The van der Waals surface area contributed by atoms with Gasteiger partial charge in [-0.2, -0.15) is 0 Å². The average Bonchev–Trinajstić information content (AvgIpc) is 2.96. The Morgan fingerprint density at radius 1 is 1.30 bits per heavy atom. The number of carbonyl (C=O) groups is 1. The molecule has 5 nitrogen and oxygen atoms in total. The van der Waals surface area contributed by atoms with Crippen LogP contribution in [0.15, 0.2) is 36.5 Å². The van der Waals surface area contributed by atoms with Gasteiger partial charge in [-0.05, 0) is 51.1 Å². The van der Waals surface area contributed by atoms with E-state index in [-0.39, 0.29) is 18.4 Å². The van der Waals surface area contributed by atoms with Gasteiger partial charge in [-0.25, -0.2) is 0 Å². The van der Waals surface area contributed by atoms with Crippen LogP contribution in [0.1, 0.15) is 34.7 Å². The van der Waals surface area contributed by atoms with Crippen molar-refractivity contribution in [1.82, 2.24) is 9.55 Å². The Kier molecular flexibility index (Phi) is 5.82. The zero-order chi connectivity index (χ0) is 19.6. The van der Waals surface area contributed by atoms with Crippen LogP contribution in [0.4, 0.5) is 0 Å². The number of fused-ring (bicyclic) bond motifs is 1. The first-order valence-electron chi connectivity index (χ1n) is 8.80. The maximum Gasteiger partial charge on any atom is 0.202 e. The van der Waals surface area contributed by atoms with Gasteiger partial charge in [0.25, 0.3) is 0 Å². The fourth-order valence-corrected chi connectivity index (χ4v) is 3.72. The second kappa shape index (κ2) is 8.11. The largest absolute Gasteiger partial charge is 0.483 e. The molecule has 0 aliphatic rings. The molecule has 27 heavy (non-hydrogen) atoms. The summed E-state index contributed by atoms with van der Waals surface area (Å²) in [7, 11) is 1.68. The minimum absolute atomic E-state index is 0.0593. The predicted octanol–water partition coefficient (Wildman–Crippen LogP) is 4.78. The summed E-state index contributed by atoms with van der Waals surface area (Å²) >= 11 is 6.21. The topological polar surface area (TPSA) is 53.4 Å². The monoisotopic (exact) mass is 386 g/mol. The second-order valence-electron chi connectivity index (χ2n) is 6.62. The fraction of sp³-hybridized carbons (Fsp3) is 0.333. The number of ketones is 1. The number of aromatic nitrogens is 2. The number of halogens is 1. The lowest BCUT2D eigenvalue weighted by Crippen LogP contribution is -2.16. The molecule has 0 amide bonds. The summed E-state index contributed by atoms with van der Waals surface area (Å²) in [5.74, 6) is 0.475. The Morgan fingerprint density at radius 3 is 2.81 bits per heavy atom. The third-order valence-corrected chi connectivity index (χ3v) is 5.00. The molecule has 1 atom stereocenters. The lowest BCUT2D eigenvalue weighted by Gasteiger charge is -2.17. The summed E-state index contributed by atoms with van der Waals surface area (Å²) < 4.78 is 13.2. The molecule has 0 bridgehead atoms. The van der Waals surface area contributed by atoms with Crippen molar-refractivity contribution < 1.29 is 14.3 Å². The van der Waals surface area contributed by atoms with E-state index in [1.165, 1.54) is 0 Å². The SMILES string of the molecule is COC[C@@H](C)n1c(C)cc(C(=O)COc2ccc(Cl)c3cccnc23)c1C. The van der Waals surface area contributed by atoms with E-state index >= 15 is 0 Å². The van der Waals surface area contributed by atoms with Crippen LogP contribution in [-0.4, -0.2) is 35.7 Å². The van der Waals surface area contributed by atoms with Gasteiger partial charge in [0.15, 0.2) is 6.61 Å². The molecule has 0 unspecified atom stereocenters. The minimum atomic E-state index is -0.0713. The number of hydrogen-bond donors (Lipinski definition) is 0. The van der Waals surface area contributed by atoms with Crippen LogP contribution < -0.4 is 4.74 Å². The highest BCUT2D eigenvalue weighted by Crippen LogP contribution is 2.30. The Balaban J connectivity index is 1.81. The molecule has 1 aromatic carbocycles. The van der Waals surface area contributed by atoms with Gasteiger partial charge in [-0.3, -0.25) is 9.78 Å². The van der Waals surface area contributed by atoms with Gasteiger partial charge in [-0.15, -0.1) is 0 Å². The van der Waals surface area contributed by atoms with Gasteiger partial charge in [0.05, 0.1) is 17.7 Å². The van der Waals surface area contributed by atoms with Crippen LogP contribution in [0.3, 0.4) is 0 Å². The quantitative estimate of drug-likeness (QED) is 0.548. The fourth-order valence-electron chi connectivity index (χ4n) is 3.50. The number of rotatable bonds is 7. The maximum atomic E-state index is 12.8.